The number of hydrogen-bond donors (Lipinski definition) is 2. The van der Waals surface area contributed by atoms with Gasteiger partial charge >= 0.3 is 12.0 Å². The van der Waals surface area contributed by atoms with Gasteiger partial charge in [0.15, 0.2) is 0 Å². The van der Waals surface area contributed by atoms with E-state index in [-0.39, 0.29) is 37.0 Å². The number of thiazole rings is 1. The monoisotopic (exact) mass is 923 g/mol. The molecule has 66 heavy (non-hydrogen) atoms. The average molecular weight is 924 g/mol. The van der Waals surface area contributed by atoms with Crippen molar-refractivity contribution in [3.05, 3.63) is 58.2 Å². The second-order valence-electron chi connectivity index (χ2n) is 19.8. The Bertz CT molecular complexity index is 2510. The molecule has 1 unspecified atom stereocenters. The largest absolute Gasteiger partial charge is 0.464 e. The van der Waals surface area contributed by atoms with Crippen LogP contribution in [0.1, 0.15) is 89.6 Å². The number of nitrogens with one attached hydrogen (secondary N) is 2. The quantitative estimate of drug-likeness (QED) is 0.205. The molecule has 0 aliphatic carbocycles. The van der Waals surface area contributed by atoms with E-state index in [2.05, 4.69) is 60.3 Å². The average Bonchev–Trinajstić information content (AvgIpc) is 3.88. The van der Waals surface area contributed by atoms with E-state index in [9.17, 15) is 24.0 Å². The van der Waals surface area contributed by atoms with Gasteiger partial charge in [0.2, 0.25) is 11.8 Å². The van der Waals surface area contributed by atoms with Crippen LogP contribution in [0.3, 0.4) is 0 Å². The number of amides is 5. The van der Waals surface area contributed by atoms with Crippen LogP contribution in [0.4, 0.5) is 4.79 Å². The lowest BCUT2D eigenvalue weighted by molar-refractivity contribution is -0.155. The smallest absolute Gasteiger partial charge is 0.324 e. The molecule has 1 aromatic carbocycles. The molecule has 4 aliphatic heterocycles. The van der Waals surface area contributed by atoms with Gasteiger partial charge < -0.3 is 34.1 Å². The highest BCUT2D eigenvalue weighted by Gasteiger charge is 2.54. The van der Waals surface area contributed by atoms with Gasteiger partial charge in [0.1, 0.15) is 18.1 Å². The molecule has 0 radical (unpaired) electrons. The molecule has 17 heteroatoms. The minimum atomic E-state index is -1.08. The zero-order valence-corrected chi connectivity index (χ0v) is 40.6. The van der Waals surface area contributed by atoms with Gasteiger partial charge in [0, 0.05) is 99.4 Å². The standard InChI is InChI=1S/C49H65N9O7S/c1-10-57-38-17-16-31-22-33(38)34(42(57)32-14-11-19-50-40(32)30(4)64-9)24-48(5,6)28-65-45(61)35-15-12-21-58(53-35)44(60)36(23-39-51-37(31)25-66-39)52-43(59)41(29(2)3)55(8)47(63)56-26-49(27-56)18-13-20-54(7)46(49)62/h11,14,16-17,19,22,25,29-30,35-36,41,53H,10,12-13,15,18,20-21,23-24,26-28H2,1-9H3,(H,52,59)/t30-,35-,36-,41?/m0/s1. The van der Waals surface area contributed by atoms with Crippen molar-refractivity contribution in [3.8, 4) is 22.5 Å². The highest BCUT2D eigenvalue weighted by molar-refractivity contribution is 7.10. The molecule has 3 saturated heterocycles. The topological polar surface area (TPSA) is 172 Å². The molecule has 3 fully saturated rings. The number of rotatable bonds is 8. The molecule has 4 aliphatic rings. The predicted molar refractivity (Wildman–Crippen MR) is 252 cm³/mol. The number of hydrazine groups is 1. The number of esters is 1. The summed E-state index contributed by atoms with van der Waals surface area (Å²) in [6.07, 6.45) is 4.81. The number of likely N-dealkylation sites (N-methyl/N-ethyl adjacent to an activating group) is 1. The Labute approximate surface area is 391 Å². The number of piperidine rings is 1. The minimum Gasteiger partial charge on any atom is -0.464 e. The number of carbonyl (C=O) groups excluding carboxylic acids is 5. The first-order chi connectivity index (χ1) is 31.5. The maximum absolute atomic E-state index is 14.6. The first-order valence-corrected chi connectivity index (χ1v) is 24.2. The molecule has 4 atom stereocenters. The van der Waals surface area contributed by atoms with Crippen molar-refractivity contribution in [1.82, 2.24) is 45.0 Å². The van der Waals surface area contributed by atoms with Gasteiger partial charge in [-0.2, -0.15) is 0 Å². The molecule has 354 valence electrons. The third-order valence-electron chi connectivity index (χ3n) is 14.0. The third-order valence-corrected chi connectivity index (χ3v) is 14.9. The molecule has 0 saturated carbocycles. The number of benzene rings is 1. The fourth-order valence-electron chi connectivity index (χ4n) is 10.5. The lowest BCUT2D eigenvalue weighted by Crippen LogP contribution is -2.69. The Morgan fingerprint density at radius 2 is 1.88 bits per heavy atom. The molecular weight excluding hydrogens is 859 g/mol. The summed E-state index contributed by atoms with van der Waals surface area (Å²) in [7, 11) is 5.09. The number of cyclic esters (lactones) is 1. The summed E-state index contributed by atoms with van der Waals surface area (Å²) in [6.45, 7) is 14.5. The first-order valence-electron chi connectivity index (χ1n) is 23.4. The molecule has 4 aromatic rings. The van der Waals surface area contributed by atoms with Gasteiger partial charge in [-0.15, -0.1) is 11.3 Å². The van der Waals surface area contributed by atoms with Crippen LogP contribution < -0.4 is 10.7 Å². The Hall–Kier alpha value is -5.39. The number of nitrogens with zero attached hydrogens (tertiary/aromatic N) is 7. The summed E-state index contributed by atoms with van der Waals surface area (Å²) in [5.74, 6) is -1.62. The first kappa shape index (κ1) is 47.1. The summed E-state index contributed by atoms with van der Waals surface area (Å²) in [5, 5.41) is 8.12. The van der Waals surface area contributed by atoms with Gasteiger partial charge in [-0.1, -0.05) is 33.8 Å². The van der Waals surface area contributed by atoms with Gasteiger partial charge in [0.25, 0.3) is 5.91 Å². The minimum absolute atomic E-state index is 0.0570. The van der Waals surface area contributed by atoms with Gasteiger partial charge in [0.05, 0.1) is 40.2 Å². The molecule has 16 nitrogen and oxygen atoms in total. The summed E-state index contributed by atoms with van der Waals surface area (Å²) in [6, 6.07) is 7.29. The number of ether oxygens (including phenoxy) is 2. The molecular formula is C49H65N9O7S. The third kappa shape index (κ3) is 8.93. The molecule has 7 heterocycles. The Kier molecular flexibility index (Phi) is 13.4. The van der Waals surface area contributed by atoms with E-state index < -0.39 is 46.7 Å². The highest BCUT2D eigenvalue weighted by Crippen LogP contribution is 2.43. The second-order valence-corrected chi connectivity index (χ2v) is 20.8. The van der Waals surface area contributed by atoms with Crippen molar-refractivity contribution >= 4 is 52.0 Å². The SMILES string of the molecule is CCn1c(-c2cccnc2[C@H](C)OC)c2c3cc(ccc31)-c1csc(n1)C[C@H](NC(=O)C(C(C)C)N(C)C(=O)N1CC3(CCCN(C)C3=O)C1)C(=O)N1CCC[C@H](N1)C(=O)OCC(C)(C)C2. The number of hydrogen-bond acceptors (Lipinski definition) is 11. The number of carbonyl (C=O) groups is 5. The van der Waals surface area contributed by atoms with Crippen LogP contribution >= 0.6 is 11.3 Å². The van der Waals surface area contributed by atoms with Crippen LogP contribution in [0.2, 0.25) is 0 Å². The summed E-state index contributed by atoms with van der Waals surface area (Å²) < 4.78 is 14.2. The molecule has 1 spiro atoms. The van der Waals surface area contributed by atoms with E-state index in [0.29, 0.717) is 57.0 Å². The Morgan fingerprint density at radius 3 is 2.61 bits per heavy atom. The summed E-state index contributed by atoms with van der Waals surface area (Å²) in [4.78, 5) is 84.8. The second kappa shape index (κ2) is 18.7. The van der Waals surface area contributed by atoms with Gasteiger partial charge in [-0.3, -0.25) is 29.2 Å². The number of fused-ring (bicyclic) bond motifs is 6. The number of urea groups is 1. The van der Waals surface area contributed by atoms with E-state index in [1.54, 1.807) is 37.2 Å². The molecule has 3 aromatic heterocycles. The van der Waals surface area contributed by atoms with E-state index in [4.69, 9.17) is 19.4 Å². The van der Waals surface area contributed by atoms with Gasteiger partial charge in [-0.25, -0.2) is 15.2 Å². The lowest BCUT2D eigenvalue weighted by Gasteiger charge is -2.53. The van der Waals surface area contributed by atoms with Crippen LogP contribution in [0, 0.1) is 16.7 Å². The number of pyridine rings is 1. The van der Waals surface area contributed by atoms with Crippen LogP contribution in [-0.2, 0) is 48.0 Å². The summed E-state index contributed by atoms with van der Waals surface area (Å²) in [5.41, 5.74) is 8.71. The lowest BCUT2D eigenvalue weighted by atomic mass is 9.72. The van der Waals surface area contributed by atoms with Crippen LogP contribution in [0.25, 0.3) is 33.4 Å². The molecule has 8 rings (SSSR count). The molecule has 6 bridgehead atoms. The van der Waals surface area contributed by atoms with E-state index in [0.717, 1.165) is 57.5 Å². The van der Waals surface area contributed by atoms with Gasteiger partial charge in [-0.05, 0) is 81.7 Å². The normalized spacial score (nSPS) is 21.9. The number of methoxy groups -OCH3 is 1. The van der Waals surface area contributed by atoms with Crippen molar-refractivity contribution in [2.75, 3.05) is 54.0 Å². The Balaban J connectivity index is 1.14. The van der Waals surface area contributed by atoms with Crippen molar-refractivity contribution in [1.29, 1.82) is 0 Å². The Morgan fingerprint density at radius 1 is 1.11 bits per heavy atom. The zero-order chi connectivity index (χ0) is 47.2. The number of aryl methyl sites for hydroxylation is 1. The number of aromatic nitrogens is 3. The van der Waals surface area contributed by atoms with Crippen molar-refractivity contribution in [3.63, 3.8) is 0 Å². The summed E-state index contributed by atoms with van der Waals surface area (Å²) >= 11 is 1.41. The van der Waals surface area contributed by atoms with Crippen molar-refractivity contribution in [2.24, 2.45) is 16.7 Å². The van der Waals surface area contributed by atoms with Crippen LogP contribution in [0.5, 0.6) is 0 Å². The maximum Gasteiger partial charge on any atom is 0.324 e. The fourth-order valence-corrected chi connectivity index (χ4v) is 11.3. The van der Waals surface area contributed by atoms with Crippen LogP contribution in [-0.4, -0.2) is 136 Å². The van der Waals surface area contributed by atoms with Crippen molar-refractivity contribution in [2.45, 2.75) is 111 Å². The van der Waals surface area contributed by atoms with E-state index in [1.165, 1.54) is 21.2 Å². The van der Waals surface area contributed by atoms with Crippen LogP contribution in [0.15, 0.2) is 41.9 Å². The maximum atomic E-state index is 14.6. The number of likely N-dealkylation sites (tertiary alicyclic amines) is 2. The fraction of sp³-hybridized carbons (Fsp3) is 0.571. The van der Waals surface area contributed by atoms with E-state index >= 15 is 0 Å². The van der Waals surface area contributed by atoms with E-state index in [1.807, 2.05) is 32.2 Å². The zero-order valence-electron chi connectivity index (χ0n) is 39.8. The predicted octanol–water partition coefficient (Wildman–Crippen LogP) is 5.83. The molecule has 2 N–H and O–H groups in total. The van der Waals surface area contributed by atoms with Crippen molar-refractivity contribution < 1.29 is 33.4 Å². The molecule has 5 amide bonds. The highest BCUT2D eigenvalue weighted by atomic mass is 32.1.